The van der Waals surface area contributed by atoms with Crippen molar-refractivity contribution in [2.45, 2.75) is 6.10 Å². The maximum Gasteiger partial charge on any atom is 0.339 e. The van der Waals surface area contributed by atoms with Crippen LogP contribution in [0.4, 0.5) is 11.4 Å². The van der Waals surface area contributed by atoms with E-state index in [9.17, 15) is 29.3 Å². The molecule has 0 spiro atoms. The summed E-state index contributed by atoms with van der Waals surface area (Å²) < 4.78 is 5.60. The summed E-state index contributed by atoms with van der Waals surface area (Å²) in [5, 5.41) is 11.5. The summed E-state index contributed by atoms with van der Waals surface area (Å²) in [6.45, 7) is 0. The van der Waals surface area contributed by atoms with E-state index in [0.717, 1.165) is 4.90 Å². The molecule has 0 radical (unpaired) electrons. The van der Waals surface area contributed by atoms with Crippen molar-refractivity contribution < 1.29 is 28.8 Å². The summed E-state index contributed by atoms with van der Waals surface area (Å²) in [4.78, 5) is 64.1. The number of nitro groups is 1. The number of fused-ring (bicyclic) bond motifs is 1. The molecule has 0 unspecified atom stereocenters. The number of nitrogens with zero attached hydrogens (tertiary/aromatic N) is 2. The maximum atomic E-state index is 13.3. The maximum absolute atomic E-state index is 13.3. The normalized spacial score (nSPS) is 13.1. The highest BCUT2D eigenvalue weighted by atomic mass is 35.5. The first kappa shape index (κ1) is 26.7. The number of non-ortho nitro benzene ring substituents is 1. The molecule has 4 aromatic rings. The van der Waals surface area contributed by atoms with Crippen LogP contribution in [0.25, 0.3) is 0 Å². The van der Waals surface area contributed by atoms with Gasteiger partial charge < -0.3 is 4.74 Å². The standard InChI is InChI=1S/C29H16Cl2N2O7/c30-23-13-11-20(15-24(23)31)32-27(35)21-12-8-18(14-22(21)28(32)36)29(37)40-26(25(34)16-4-2-1-3-5-16)17-6-9-19(10-7-17)33(38)39/h1-15,26H/t26-/m1/s1. The Morgan fingerprint density at radius 3 is 2.10 bits per heavy atom. The molecule has 0 aliphatic carbocycles. The molecule has 1 aliphatic rings. The number of carbonyl (C=O) groups excluding carboxylic acids is 4. The average Bonchev–Trinajstić information content (AvgIpc) is 3.22. The molecule has 0 saturated carbocycles. The van der Waals surface area contributed by atoms with Gasteiger partial charge in [-0.1, -0.05) is 53.5 Å². The van der Waals surface area contributed by atoms with Crippen molar-refractivity contribution in [1.29, 1.82) is 0 Å². The zero-order valence-corrected chi connectivity index (χ0v) is 21.8. The second kappa shape index (κ2) is 10.7. The van der Waals surface area contributed by atoms with Crippen molar-refractivity contribution in [3.05, 3.63) is 139 Å². The summed E-state index contributed by atoms with van der Waals surface area (Å²) in [6.07, 6.45) is -1.44. The van der Waals surface area contributed by atoms with E-state index in [2.05, 4.69) is 0 Å². The number of nitro benzene ring substituents is 1. The van der Waals surface area contributed by atoms with Gasteiger partial charge in [0, 0.05) is 23.3 Å². The first-order valence-corrected chi connectivity index (χ1v) is 12.4. The van der Waals surface area contributed by atoms with Gasteiger partial charge in [-0.2, -0.15) is 0 Å². The summed E-state index contributed by atoms with van der Waals surface area (Å²) in [6, 6.07) is 21.3. The molecule has 1 atom stereocenters. The number of carbonyl (C=O) groups is 4. The molecule has 0 aromatic heterocycles. The number of ketones is 1. The number of Topliss-reactive ketones (excluding diaryl/α,β-unsaturated/α-hetero) is 1. The van der Waals surface area contributed by atoms with Crippen LogP contribution in [-0.4, -0.2) is 28.5 Å². The van der Waals surface area contributed by atoms with Gasteiger partial charge in [0.1, 0.15) is 0 Å². The van der Waals surface area contributed by atoms with E-state index in [0.29, 0.717) is 0 Å². The first-order valence-electron chi connectivity index (χ1n) is 11.7. The van der Waals surface area contributed by atoms with E-state index in [4.69, 9.17) is 27.9 Å². The van der Waals surface area contributed by atoms with Gasteiger partial charge in [-0.15, -0.1) is 0 Å². The topological polar surface area (TPSA) is 124 Å². The molecule has 1 aliphatic heterocycles. The summed E-state index contributed by atoms with van der Waals surface area (Å²) in [5.41, 5.74) is 0.428. The number of rotatable bonds is 7. The van der Waals surface area contributed by atoms with E-state index in [1.165, 1.54) is 60.7 Å². The first-order chi connectivity index (χ1) is 19.2. The summed E-state index contributed by atoms with van der Waals surface area (Å²) >= 11 is 12.0. The van der Waals surface area contributed by atoms with Gasteiger partial charge in [0.2, 0.25) is 5.78 Å². The lowest BCUT2D eigenvalue weighted by atomic mass is 9.99. The molecular formula is C29H16Cl2N2O7. The molecule has 9 nitrogen and oxygen atoms in total. The number of benzene rings is 4. The number of esters is 1. The van der Waals surface area contributed by atoms with E-state index in [-0.39, 0.29) is 49.2 Å². The van der Waals surface area contributed by atoms with Crippen LogP contribution in [0, 0.1) is 10.1 Å². The van der Waals surface area contributed by atoms with Gasteiger partial charge in [-0.3, -0.25) is 24.5 Å². The van der Waals surface area contributed by atoms with Crippen LogP contribution < -0.4 is 4.90 Å². The van der Waals surface area contributed by atoms with Gasteiger partial charge in [-0.25, -0.2) is 9.69 Å². The Morgan fingerprint density at radius 2 is 1.45 bits per heavy atom. The predicted octanol–water partition coefficient (Wildman–Crippen LogP) is 6.48. The molecule has 5 rings (SSSR count). The number of halogens is 2. The van der Waals surface area contributed by atoms with Crippen molar-refractivity contribution in [3.63, 3.8) is 0 Å². The van der Waals surface area contributed by atoms with Crippen LogP contribution in [0.1, 0.15) is 53.1 Å². The highest BCUT2D eigenvalue weighted by molar-refractivity contribution is 6.42. The molecule has 0 fully saturated rings. The molecule has 11 heteroatoms. The fraction of sp³-hybridized carbons (Fsp3) is 0.0345. The van der Waals surface area contributed by atoms with E-state index >= 15 is 0 Å². The molecule has 198 valence electrons. The van der Waals surface area contributed by atoms with Gasteiger partial charge >= 0.3 is 5.97 Å². The Morgan fingerprint density at radius 1 is 0.775 bits per heavy atom. The average molecular weight is 575 g/mol. The Kier molecular flexibility index (Phi) is 7.17. The lowest BCUT2D eigenvalue weighted by Crippen LogP contribution is -2.29. The number of hydrogen-bond donors (Lipinski definition) is 0. The molecule has 0 saturated heterocycles. The van der Waals surface area contributed by atoms with Crippen molar-refractivity contribution in [3.8, 4) is 0 Å². The van der Waals surface area contributed by atoms with Crippen molar-refractivity contribution in [2.24, 2.45) is 0 Å². The second-order valence-corrected chi connectivity index (χ2v) is 9.48. The number of hydrogen-bond acceptors (Lipinski definition) is 7. The quantitative estimate of drug-likeness (QED) is 0.0812. The van der Waals surface area contributed by atoms with Gasteiger partial charge in [0.15, 0.2) is 6.10 Å². The van der Waals surface area contributed by atoms with Crippen LogP contribution in [-0.2, 0) is 4.74 Å². The molecule has 4 aromatic carbocycles. The number of ether oxygens (including phenoxy) is 1. The molecule has 0 N–H and O–H groups in total. The smallest absolute Gasteiger partial charge is 0.339 e. The Labute approximate surface area is 236 Å². The lowest BCUT2D eigenvalue weighted by molar-refractivity contribution is -0.384. The third kappa shape index (κ3) is 4.95. The van der Waals surface area contributed by atoms with Crippen molar-refractivity contribution in [1.82, 2.24) is 0 Å². The van der Waals surface area contributed by atoms with Crippen LogP contribution in [0.15, 0.2) is 91.0 Å². The number of anilines is 1. The van der Waals surface area contributed by atoms with Crippen LogP contribution >= 0.6 is 23.2 Å². The highest BCUT2D eigenvalue weighted by Crippen LogP contribution is 2.34. The summed E-state index contributed by atoms with van der Waals surface area (Å²) in [5.74, 6) is -2.79. The Bertz CT molecular complexity index is 1710. The van der Waals surface area contributed by atoms with Crippen LogP contribution in [0.3, 0.4) is 0 Å². The molecule has 2 amide bonds. The van der Waals surface area contributed by atoms with Crippen LogP contribution in [0.5, 0.6) is 0 Å². The molecule has 1 heterocycles. The van der Waals surface area contributed by atoms with Gasteiger partial charge in [0.25, 0.3) is 17.5 Å². The zero-order valence-electron chi connectivity index (χ0n) is 20.2. The third-order valence-electron chi connectivity index (χ3n) is 6.21. The van der Waals surface area contributed by atoms with Crippen molar-refractivity contribution >= 4 is 58.1 Å². The fourth-order valence-corrected chi connectivity index (χ4v) is 4.49. The molecular weight excluding hydrogens is 559 g/mol. The van der Waals surface area contributed by atoms with E-state index < -0.39 is 34.6 Å². The Hall–Kier alpha value is -4.86. The van der Waals surface area contributed by atoms with Gasteiger partial charge in [-0.05, 0) is 48.5 Å². The second-order valence-electron chi connectivity index (χ2n) is 8.67. The lowest BCUT2D eigenvalue weighted by Gasteiger charge is -2.17. The largest absolute Gasteiger partial charge is 0.445 e. The SMILES string of the molecule is O=C(O[C@@H](C(=O)c1ccccc1)c1ccc([N+](=O)[O-])cc1)c1ccc2c(c1)C(=O)N(c1ccc(Cl)c(Cl)c1)C2=O. The minimum atomic E-state index is -1.44. The summed E-state index contributed by atoms with van der Waals surface area (Å²) in [7, 11) is 0. The monoisotopic (exact) mass is 574 g/mol. The number of amides is 2. The minimum absolute atomic E-state index is 0.0354. The van der Waals surface area contributed by atoms with Gasteiger partial charge in [0.05, 0.1) is 37.3 Å². The van der Waals surface area contributed by atoms with Crippen molar-refractivity contribution in [2.75, 3.05) is 4.90 Å². The molecule has 40 heavy (non-hydrogen) atoms. The Balaban J connectivity index is 1.46. The van der Waals surface area contributed by atoms with Crippen LogP contribution in [0.2, 0.25) is 10.0 Å². The molecule has 0 bridgehead atoms. The third-order valence-corrected chi connectivity index (χ3v) is 6.95. The number of imide groups is 1. The zero-order chi connectivity index (χ0) is 28.6. The fourth-order valence-electron chi connectivity index (χ4n) is 4.20. The van der Waals surface area contributed by atoms with E-state index in [1.807, 2.05) is 0 Å². The predicted molar refractivity (Wildman–Crippen MR) is 146 cm³/mol. The highest BCUT2D eigenvalue weighted by Gasteiger charge is 2.38. The minimum Gasteiger partial charge on any atom is -0.445 e. The van der Waals surface area contributed by atoms with E-state index in [1.54, 1.807) is 30.3 Å².